The Morgan fingerprint density at radius 1 is 1.10 bits per heavy atom. The molecule has 1 aliphatic rings. The maximum absolute atomic E-state index is 13.1. The molecule has 0 saturated carbocycles. The van der Waals surface area contributed by atoms with Gasteiger partial charge >= 0.3 is 25.3 Å². The lowest BCUT2D eigenvalue weighted by Gasteiger charge is -2.19. The van der Waals surface area contributed by atoms with Crippen LogP contribution in [0.15, 0.2) is 57.1 Å². The molecule has 2 aromatic carbocycles. The smallest absolute Gasteiger partial charge is 0.377 e. The third kappa shape index (κ3) is 9.37. The molecule has 2 heterocycles. The van der Waals surface area contributed by atoms with Crippen LogP contribution in [0.1, 0.15) is 37.5 Å². The van der Waals surface area contributed by atoms with Gasteiger partial charge in [0.2, 0.25) is 11.5 Å². The van der Waals surface area contributed by atoms with Crippen LogP contribution in [-0.2, 0) is 33.4 Å². The number of ether oxygens (including phenoxy) is 1. The summed E-state index contributed by atoms with van der Waals surface area (Å²) in [6.07, 6.45) is -0.959. The van der Waals surface area contributed by atoms with Gasteiger partial charge in [0.1, 0.15) is 18.4 Å². The fourth-order valence-corrected chi connectivity index (χ4v) is 7.15. The molecule has 19 heteroatoms. The second-order valence-corrected chi connectivity index (χ2v) is 14.3. The van der Waals surface area contributed by atoms with Crippen LogP contribution in [0.4, 0.5) is 5.69 Å². The molecule has 1 fully saturated rings. The average Bonchev–Trinajstić information content (AvgIpc) is 3.45. The lowest BCUT2D eigenvalue weighted by molar-refractivity contribution is -0.139. The van der Waals surface area contributed by atoms with Crippen molar-refractivity contribution in [3.05, 3.63) is 69.0 Å². The number of benzene rings is 2. The predicted molar refractivity (Wildman–Crippen MR) is 175 cm³/mol. The Kier molecular flexibility index (Phi) is 11.5. The van der Waals surface area contributed by atoms with Crippen LogP contribution in [-0.4, -0.2) is 86.9 Å². The number of phosphoric acid groups is 1. The third-order valence-electron chi connectivity index (χ3n) is 7.64. The number of carbonyl (C=O) groups excluding carboxylic acids is 2. The molecule has 3 aromatic rings. The number of aromatic nitrogens is 2. The Hall–Kier alpha value is -3.90. The Morgan fingerprint density at radius 2 is 1.79 bits per heavy atom. The number of nitrogens with one attached hydrogen (secondary N) is 4. The van der Waals surface area contributed by atoms with Crippen molar-refractivity contribution >= 4 is 46.1 Å². The first kappa shape index (κ1) is 35.4. The van der Waals surface area contributed by atoms with Crippen LogP contribution in [0.5, 0.6) is 0 Å². The van der Waals surface area contributed by atoms with Crippen molar-refractivity contribution in [1.29, 1.82) is 1.43 Å². The topological polar surface area (TPSA) is 238 Å². The van der Waals surface area contributed by atoms with Gasteiger partial charge in [0.05, 0.1) is 4.90 Å². The molecule has 0 aliphatic carbocycles. The number of sulfonamides is 1. The molecule has 2 amide bonds. The second-order valence-electron chi connectivity index (χ2n) is 11.4. The van der Waals surface area contributed by atoms with Crippen molar-refractivity contribution in [1.82, 2.24) is 24.9 Å². The van der Waals surface area contributed by atoms with Crippen LogP contribution in [0.2, 0.25) is 0 Å². The number of aryl methyl sites for hydroxylation is 1. The summed E-state index contributed by atoms with van der Waals surface area (Å²) in [6.45, 7) is 1.38. The molecular formula is C29H39N6O11PS. The van der Waals surface area contributed by atoms with Crippen molar-refractivity contribution in [3.8, 4) is 0 Å². The van der Waals surface area contributed by atoms with Crippen molar-refractivity contribution < 1.29 is 41.6 Å². The van der Waals surface area contributed by atoms with E-state index in [1.807, 2.05) is 31.1 Å². The fraction of sp³-hybridized carbons (Fsp3) is 0.448. The van der Waals surface area contributed by atoms with E-state index in [1.165, 1.54) is 13.1 Å². The van der Waals surface area contributed by atoms with Crippen molar-refractivity contribution in [2.45, 2.75) is 55.9 Å². The summed E-state index contributed by atoms with van der Waals surface area (Å²) in [5.74, 6) is -2.00. The number of aromatic amines is 1. The van der Waals surface area contributed by atoms with Crippen LogP contribution in [0.25, 0.3) is 10.8 Å². The molecule has 4 atom stereocenters. The van der Waals surface area contributed by atoms with Crippen molar-refractivity contribution in [2.75, 3.05) is 38.6 Å². The van der Waals surface area contributed by atoms with Gasteiger partial charge in [-0.25, -0.2) is 22.5 Å². The summed E-state index contributed by atoms with van der Waals surface area (Å²) in [5.41, 5.74) is -0.330. The first-order valence-electron chi connectivity index (χ1n) is 15.4. The number of hydrogen-bond acceptors (Lipinski definition) is 11. The number of nitrogens with zero attached hydrogens (tertiary/aromatic N) is 2. The van der Waals surface area contributed by atoms with Gasteiger partial charge in [-0.3, -0.25) is 28.5 Å². The number of rotatable bonds is 15. The number of hydrogen-bond donors (Lipinski definition) is 6. The average molecular weight is 713 g/mol. The molecule has 1 aliphatic heterocycles. The molecule has 1 saturated heterocycles. The van der Waals surface area contributed by atoms with Gasteiger partial charge in [0, 0.05) is 68.4 Å². The van der Waals surface area contributed by atoms with E-state index in [-0.39, 0.29) is 36.5 Å². The Labute approximate surface area is 277 Å². The Balaban J connectivity index is 1.22. The second kappa shape index (κ2) is 15.5. The monoisotopic (exact) mass is 712 g/mol. The number of amides is 2. The molecule has 17 nitrogen and oxygen atoms in total. The van der Waals surface area contributed by atoms with Crippen molar-refractivity contribution in [2.24, 2.45) is 0 Å². The lowest BCUT2D eigenvalue weighted by atomic mass is 10.1. The number of H-pyrrole nitrogens is 1. The van der Waals surface area contributed by atoms with E-state index in [0.717, 1.165) is 15.6 Å². The molecule has 48 heavy (non-hydrogen) atoms. The van der Waals surface area contributed by atoms with Crippen LogP contribution >= 0.6 is 7.82 Å². The third-order valence-corrected chi connectivity index (χ3v) is 9.69. The zero-order valence-corrected chi connectivity index (χ0v) is 28.2. The highest BCUT2D eigenvalue weighted by Crippen LogP contribution is 2.43. The van der Waals surface area contributed by atoms with E-state index < -0.39 is 59.3 Å². The maximum Gasteiger partial charge on any atom is 0.469 e. The highest BCUT2D eigenvalue weighted by Gasteiger charge is 2.41. The van der Waals surface area contributed by atoms with Crippen LogP contribution in [0, 0.1) is 6.92 Å². The van der Waals surface area contributed by atoms with Crippen LogP contribution < -0.4 is 31.5 Å². The highest BCUT2D eigenvalue weighted by molar-refractivity contribution is 7.89. The number of anilines is 1. The summed E-state index contributed by atoms with van der Waals surface area (Å²) < 4.78 is 59.2. The predicted octanol–water partition coefficient (Wildman–Crippen LogP) is 0.211. The van der Waals surface area contributed by atoms with Gasteiger partial charge in [-0.1, -0.05) is 30.7 Å². The number of fused-ring (bicyclic) bond motifs is 1. The van der Waals surface area contributed by atoms with Gasteiger partial charge in [0.15, 0.2) is 0 Å². The number of carbonyl (C=O) groups is 2. The SMILES string of the molecule is [3H]OP(=O)(O)O[C@@H]1C[C@H](n2cc(C)c(=O)[nH]c2=O)O[C@@H]1CNC(=O)C(=O)NCCCCCNS(=O)(=O)c1cccc2c(N(C)C)cccc12. The Bertz CT molecular complexity index is 1950. The first-order valence-corrected chi connectivity index (χ1v) is 18.0. The van der Waals surface area contributed by atoms with Gasteiger partial charge in [0.25, 0.3) is 5.56 Å². The molecule has 4 rings (SSSR count). The molecule has 1 aromatic heterocycles. The van der Waals surface area contributed by atoms with E-state index in [1.54, 1.807) is 24.3 Å². The summed E-state index contributed by atoms with van der Waals surface area (Å²) in [6, 6.07) is 10.6. The molecule has 0 radical (unpaired) electrons. The lowest BCUT2D eigenvalue weighted by Crippen LogP contribution is -2.45. The molecule has 0 bridgehead atoms. The van der Waals surface area contributed by atoms with Crippen molar-refractivity contribution in [3.63, 3.8) is 0 Å². The van der Waals surface area contributed by atoms with Gasteiger partial charge in [-0.15, -0.1) is 0 Å². The first-order chi connectivity index (χ1) is 23.1. The minimum Gasteiger partial charge on any atom is -0.377 e. The minimum absolute atomic E-state index is 0.131. The molecular weight excluding hydrogens is 671 g/mol. The highest BCUT2D eigenvalue weighted by atomic mass is 32.2. The molecule has 1 unspecified atom stereocenters. The zero-order chi connectivity index (χ0) is 35.9. The van der Waals surface area contributed by atoms with E-state index in [9.17, 15) is 37.1 Å². The Morgan fingerprint density at radius 3 is 2.52 bits per heavy atom. The van der Waals surface area contributed by atoms with Gasteiger partial charge in [-0.05, 0) is 31.9 Å². The summed E-state index contributed by atoms with van der Waals surface area (Å²) in [4.78, 5) is 66.5. The molecule has 6 N–H and O–H groups in total. The quantitative estimate of drug-likeness (QED) is 0.0705. The largest absolute Gasteiger partial charge is 0.469 e. The number of phosphoric ester groups is 1. The maximum atomic E-state index is 13.1. The summed E-state index contributed by atoms with van der Waals surface area (Å²) in [5, 5.41) is 6.23. The van der Waals surface area contributed by atoms with E-state index in [4.69, 9.17) is 10.7 Å². The molecule has 0 spiro atoms. The minimum atomic E-state index is -4.83. The van der Waals surface area contributed by atoms with E-state index in [2.05, 4.69) is 25.2 Å². The standard InChI is InChI=1S/C29H39N6O11PS/c1-18-17-35(29(39)33-26(18)36)25-15-22(46-47(40,41)42)23(45-25)16-31-28(38)27(37)30-13-5-4-6-14-32-48(43,44)24-12-8-9-19-20(24)10-7-11-21(19)34(2)3/h7-12,17,22-23,25,32H,4-6,13-16H2,1-3H3,(H,30,37)(H,31,38)(H,33,36,39)(H2,40,41,42)/t22-,23-,25-/m1/s1/i/hT. The summed E-state index contributed by atoms with van der Waals surface area (Å²) >= 11 is 0. The summed E-state index contributed by atoms with van der Waals surface area (Å²) in [7, 11) is -4.85. The normalized spacial score (nSPS) is 19.4. The van der Waals surface area contributed by atoms with Crippen LogP contribution in [0.3, 0.4) is 0 Å². The zero-order valence-electron chi connectivity index (χ0n) is 27.5. The van der Waals surface area contributed by atoms with E-state index >= 15 is 0 Å². The number of unbranched alkanes of at least 4 members (excludes halogenated alkanes) is 2. The van der Waals surface area contributed by atoms with E-state index in [0.29, 0.717) is 24.6 Å². The van der Waals surface area contributed by atoms with Gasteiger partial charge < -0.3 is 30.1 Å². The van der Waals surface area contributed by atoms with Gasteiger partial charge in [-0.2, -0.15) is 0 Å². The molecule has 262 valence electrons. The fourth-order valence-electron chi connectivity index (χ4n) is 5.29.